The van der Waals surface area contributed by atoms with E-state index in [-0.39, 0.29) is 10.6 Å². The third-order valence-corrected chi connectivity index (χ3v) is 1.69. The molecule has 74 valence electrons. The van der Waals surface area contributed by atoms with E-state index in [9.17, 15) is 10.1 Å². The van der Waals surface area contributed by atoms with E-state index in [0.29, 0.717) is 5.56 Å². The Kier molecular flexibility index (Phi) is 3.23. The van der Waals surface area contributed by atoms with Gasteiger partial charge < -0.3 is 4.90 Å². The molecular formula is C10H12N2O2. The Labute approximate surface area is 82.6 Å². The number of rotatable bonds is 3. The van der Waals surface area contributed by atoms with Crippen LogP contribution in [0.4, 0.5) is 5.69 Å². The van der Waals surface area contributed by atoms with Gasteiger partial charge in [0.05, 0.1) is 10.5 Å². The van der Waals surface area contributed by atoms with Gasteiger partial charge in [0.15, 0.2) is 0 Å². The average molecular weight is 192 g/mol. The number of para-hydroxylation sites is 1. The Hall–Kier alpha value is -1.84. The highest BCUT2D eigenvalue weighted by molar-refractivity contribution is 5.60. The van der Waals surface area contributed by atoms with Gasteiger partial charge in [-0.2, -0.15) is 0 Å². The zero-order chi connectivity index (χ0) is 10.6. The molecule has 1 aromatic rings. The van der Waals surface area contributed by atoms with Crippen molar-refractivity contribution in [2.75, 3.05) is 14.1 Å². The molecule has 0 radical (unpaired) electrons. The first-order chi connectivity index (χ1) is 6.61. The molecule has 1 aromatic carbocycles. The largest absolute Gasteiger partial charge is 0.383 e. The van der Waals surface area contributed by atoms with E-state index < -0.39 is 0 Å². The predicted octanol–water partition coefficient (Wildman–Crippen LogP) is 2.13. The highest BCUT2D eigenvalue weighted by atomic mass is 16.6. The van der Waals surface area contributed by atoms with Gasteiger partial charge in [-0.1, -0.05) is 12.1 Å². The normalized spacial score (nSPS) is 10.4. The van der Waals surface area contributed by atoms with E-state index in [1.54, 1.807) is 30.5 Å². The van der Waals surface area contributed by atoms with E-state index in [1.807, 2.05) is 19.0 Å². The fourth-order valence-corrected chi connectivity index (χ4v) is 1.02. The molecule has 14 heavy (non-hydrogen) atoms. The second kappa shape index (κ2) is 4.41. The van der Waals surface area contributed by atoms with E-state index in [0.717, 1.165) is 0 Å². The van der Waals surface area contributed by atoms with Gasteiger partial charge >= 0.3 is 0 Å². The van der Waals surface area contributed by atoms with Crippen LogP contribution in [0.1, 0.15) is 5.56 Å². The zero-order valence-corrected chi connectivity index (χ0v) is 8.18. The molecule has 0 saturated heterocycles. The van der Waals surface area contributed by atoms with Crippen LogP contribution in [-0.2, 0) is 0 Å². The SMILES string of the molecule is CN(C)C=Cc1ccccc1[N+](=O)[O-]. The maximum absolute atomic E-state index is 10.6. The van der Waals surface area contributed by atoms with Crippen molar-refractivity contribution in [3.05, 3.63) is 46.1 Å². The Morgan fingerprint density at radius 3 is 2.57 bits per heavy atom. The van der Waals surface area contributed by atoms with Crippen LogP contribution >= 0.6 is 0 Å². The van der Waals surface area contributed by atoms with Crippen LogP contribution in [0.25, 0.3) is 6.08 Å². The number of hydrogen-bond donors (Lipinski definition) is 0. The summed E-state index contributed by atoms with van der Waals surface area (Å²) in [6, 6.07) is 6.65. The van der Waals surface area contributed by atoms with Crippen molar-refractivity contribution in [1.29, 1.82) is 0 Å². The van der Waals surface area contributed by atoms with Crippen molar-refractivity contribution < 1.29 is 4.92 Å². The van der Waals surface area contributed by atoms with Crippen LogP contribution in [0.5, 0.6) is 0 Å². The third kappa shape index (κ3) is 2.58. The third-order valence-electron chi connectivity index (χ3n) is 1.69. The molecule has 0 fully saturated rings. The van der Waals surface area contributed by atoms with Gasteiger partial charge in [0.2, 0.25) is 0 Å². The van der Waals surface area contributed by atoms with Crippen molar-refractivity contribution in [1.82, 2.24) is 4.90 Å². The number of hydrogen-bond acceptors (Lipinski definition) is 3. The second-order valence-electron chi connectivity index (χ2n) is 3.10. The molecule has 4 nitrogen and oxygen atoms in total. The molecule has 4 heteroatoms. The molecule has 0 aromatic heterocycles. The summed E-state index contributed by atoms with van der Waals surface area (Å²) in [7, 11) is 3.73. The Balaban J connectivity index is 3.02. The lowest BCUT2D eigenvalue weighted by Gasteiger charge is -2.03. The molecule has 0 unspecified atom stereocenters. The molecule has 0 aliphatic rings. The second-order valence-corrected chi connectivity index (χ2v) is 3.10. The summed E-state index contributed by atoms with van der Waals surface area (Å²) >= 11 is 0. The van der Waals surface area contributed by atoms with E-state index in [2.05, 4.69) is 0 Å². The molecule has 0 saturated carbocycles. The molecule has 0 aliphatic carbocycles. The first-order valence-electron chi connectivity index (χ1n) is 4.19. The molecule has 0 atom stereocenters. The predicted molar refractivity (Wildman–Crippen MR) is 55.8 cm³/mol. The lowest BCUT2D eigenvalue weighted by molar-refractivity contribution is -0.385. The molecule has 0 N–H and O–H groups in total. The molecule has 0 bridgehead atoms. The van der Waals surface area contributed by atoms with Gasteiger partial charge in [-0.05, 0) is 18.3 Å². The molecule has 0 spiro atoms. The van der Waals surface area contributed by atoms with Gasteiger partial charge in [0.25, 0.3) is 5.69 Å². The molecule has 0 amide bonds. The van der Waals surface area contributed by atoms with Crippen molar-refractivity contribution in [3.8, 4) is 0 Å². The smallest absolute Gasteiger partial charge is 0.276 e. The Bertz CT molecular complexity index is 359. The first kappa shape index (κ1) is 10.2. The molecule has 1 rings (SSSR count). The van der Waals surface area contributed by atoms with Crippen LogP contribution in [0.2, 0.25) is 0 Å². The average Bonchev–Trinajstić information content (AvgIpc) is 2.15. The number of nitrogens with zero attached hydrogens (tertiary/aromatic N) is 2. The van der Waals surface area contributed by atoms with Crippen LogP contribution in [0, 0.1) is 10.1 Å². The maximum atomic E-state index is 10.6. The van der Waals surface area contributed by atoms with Crippen LogP contribution in [-0.4, -0.2) is 23.9 Å². The zero-order valence-electron chi connectivity index (χ0n) is 8.18. The minimum Gasteiger partial charge on any atom is -0.383 e. The van der Waals surface area contributed by atoms with E-state index in [4.69, 9.17) is 0 Å². The highest BCUT2D eigenvalue weighted by Gasteiger charge is 2.08. The van der Waals surface area contributed by atoms with Crippen molar-refractivity contribution in [2.45, 2.75) is 0 Å². The minimum atomic E-state index is -0.380. The monoisotopic (exact) mass is 192 g/mol. The summed E-state index contributed by atoms with van der Waals surface area (Å²) in [5.41, 5.74) is 0.747. The van der Waals surface area contributed by atoms with Crippen LogP contribution in [0.15, 0.2) is 30.5 Å². The number of nitro benzene ring substituents is 1. The van der Waals surface area contributed by atoms with Gasteiger partial charge in [-0.15, -0.1) is 0 Å². The number of benzene rings is 1. The van der Waals surface area contributed by atoms with Gasteiger partial charge in [-0.3, -0.25) is 10.1 Å². The standard InChI is InChI=1S/C10H12N2O2/c1-11(2)8-7-9-5-3-4-6-10(9)12(13)14/h3-8H,1-2H3. The quantitative estimate of drug-likeness (QED) is 0.544. The maximum Gasteiger partial charge on any atom is 0.276 e. The Morgan fingerprint density at radius 2 is 2.00 bits per heavy atom. The summed E-state index contributed by atoms with van der Waals surface area (Å²) < 4.78 is 0. The minimum absolute atomic E-state index is 0.130. The molecule has 0 aliphatic heterocycles. The summed E-state index contributed by atoms with van der Waals surface area (Å²) in [6.45, 7) is 0. The highest BCUT2D eigenvalue weighted by Crippen LogP contribution is 2.18. The van der Waals surface area contributed by atoms with Gasteiger partial charge in [0, 0.05) is 20.2 Å². The summed E-state index contributed by atoms with van der Waals surface area (Å²) in [5, 5.41) is 10.6. The fraction of sp³-hybridized carbons (Fsp3) is 0.200. The fourth-order valence-electron chi connectivity index (χ4n) is 1.02. The van der Waals surface area contributed by atoms with Crippen LogP contribution in [0.3, 0.4) is 0 Å². The van der Waals surface area contributed by atoms with E-state index in [1.165, 1.54) is 6.07 Å². The topological polar surface area (TPSA) is 46.4 Å². The summed E-state index contributed by atoms with van der Waals surface area (Å²) in [4.78, 5) is 12.1. The first-order valence-corrected chi connectivity index (χ1v) is 4.19. The lowest BCUT2D eigenvalue weighted by Crippen LogP contribution is -2.00. The summed E-state index contributed by atoms with van der Waals surface area (Å²) in [6.07, 6.45) is 3.50. The van der Waals surface area contributed by atoms with Crippen molar-refractivity contribution in [3.63, 3.8) is 0 Å². The van der Waals surface area contributed by atoms with Crippen molar-refractivity contribution in [2.24, 2.45) is 0 Å². The Morgan fingerprint density at radius 1 is 1.36 bits per heavy atom. The molecular weight excluding hydrogens is 180 g/mol. The summed E-state index contributed by atoms with van der Waals surface area (Å²) in [5.74, 6) is 0. The molecule has 0 heterocycles. The van der Waals surface area contributed by atoms with Crippen LogP contribution < -0.4 is 0 Å². The lowest BCUT2D eigenvalue weighted by atomic mass is 10.2. The van der Waals surface area contributed by atoms with Crippen molar-refractivity contribution >= 4 is 11.8 Å². The van der Waals surface area contributed by atoms with Gasteiger partial charge in [-0.25, -0.2) is 0 Å². The van der Waals surface area contributed by atoms with E-state index >= 15 is 0 Å². The van der Waals surface area contributed by atoms with Gasteiger partial charge in [0.1, 0.15) is 0 Å². The number of nitro groups is 1.